The zero-order valence-electron chi connectivity index (χ0n) is 21.3. The Morgan fingerprint density at radius 3 is 2.61 bits per heavy atom. The number of fused-ring (bicyclic) bond motifs is 1. The van der Waals surface area contributed by atoms with E-state index in [0.717, 1.165) is 54.9 Å². The largest absolute Gasteiger partial charge is 0.392 e. The Balaban J connectivity index is 1.32. The molecule has 5 rings (SSSR count). The maximum absolute atomic E-state index is 11.7. The number of hydrogen-bond acceptors (Lipinski definition) is 8. The Morgan fingerprint density at radius 1 is 1.08 bits per heavy atom. The second kappa shape index (κ2) is 11.4. The van der Waals surface area contributed by atoms with Gasteiger partial charge in [-0.25, -0.2) is 9.97 Å². The van der Waals surface area contributed by atoms with Gasteiger partial charge in [-0.2, -0.15) is 0 Å². The second-order valence-electron chi connectivity index (χ2n) is 9.37. The van der Waals surface area contributed by atoms with E-state index in [1.807, 2.05) is 43.3 Å². The summed E-state index contributed by atoms with van der Waals surface area (Å²) < 4.78 is 0. The Kier molecular flexibility index (Phi) is 7.57. The van der Waals surface area contributed by atoms with Gasteiger partial charge >= 0.3 is 0 Å². The van der Waals surface area contributed by atoms with Crippen LogP contribution in [0.25, 0.3) is 22.2 Å². The van der Waals surface area contributed by atoms with E-state index < -0.39 is 0 Å². The first-order valence-electron chi connectivity index (χ1n) is 12.7. The van der Waals surface area contributed by atoms with E-state index >= 15 is 0 Å². The molecule has 1 fully saturated rings. The average molecular weight is 510 g/mol. The molecule has 0 radical (unpaired) electrons. The van der Waals surface area contributed by atoms with E-state index in [1.165, 1.54) is 11.8 Å². The van der Waals surface area contributed by atoms with Crippen molar-refractivity contribution < 1.29 is 9.90 Å². The number of nitrogens with one attached hydrogen (secondary N) is 2. The van der Waals surface area contributed by atoms with Crippen LogP contribution in [-0.4, -0.2) is 69.7 Å². The topological polar surface area (TPSA) is 107 Å². The normalized spacial score (nSPS) is 14.7. The van der Waals surface area contributed by atoms with Gasteiger partial charge in [0.1, 0.15) is 0 Å². The number of carbonyl (C=O) groups excluding carboxylic acids is 1. The van der Waals surface area contributed by atoms with Crippen LogP contribution < -0.4 is 15.5 Å². The monoisotopic (exact) mass is 509 g/mol. The van der Waals surface area contributed by atoms with Gasteiger partial charge < -0.3 is 20.6 Å². The Labute approximate surface area is 221 Å². The number of piperazine rings is 1. The average Bonchev–Trinajstić information content (AvgIpc) is 2.93. The fourth-order valence-corrected chi connectivity index (χ4v) is 4.62. The van der Waals surface area contributed by atoms with Gasteiger partial charge in [0.2, 0.25) is 11.9 Å². The molecule has 1 saturated heterocycles. The number of carbonyl (C=O) groups is 1. The van der Waals surface area contributed by atoms with Gasteiger partial charge in [0.25, 0.3) is 0 Å². The van der Waals surface area contributed by atoms with Crippen LogP contribution >= 0.6 is 0 Å². The fourth-order valence-electron chi connectivity index (χ4n) is 4.62. The summed E-state index contributed by atoms with van der Waals surface area (Å²) in [6.07, 6.45) is 4.38. The lowest BCUT2D eigenvalue weighted by atomic mass is 10.1. The predicted molar refractivity (Wildman–Crippen MR) is 152 cm³/mol. The molecule has 1 amide bonds. The summed E-state index contributed by atoms with van der Waals surface area (Å²) in [6.45, 7) is 9.80. The minimum absolute atomic E-state index is 0.279. The molecule has 1 aliphatic rings. The lowest BCUT2D eigenvalue weighted by Crippen LogP contribution is -2.48. The molecule has 3 heterocycles. The van der Waals surface area contributed by atoms with E-state index in [1.54, 1.807) is 18.5 Å². The number of rotatable bonds is 8. The van der Waals surface area contributed by atoms with Crippen molar-refractivity contribution in [3.05, 3.63) is 79.6 Å². The number of benzene rings is 2. The van der Waals surface area contributed by atoms with Crippen LogP contribution in [0.5, 0.6) is 0 Å². The molecular formula is C29H31N7O2. The quantitative estimate of drug-likeness (QED) is 0.305. The standard InChI is InChI=1S/C29H31N7O2/c1-3-27(38)32-23-11-12-30-26(17-23)25-6-4-5-21-18-31-29(34-28(21)25)33-22-7-9-24(10-8-22)36-15-13-35(14-16-36)19-20(2)37/h3-12,17-18,20,37H,1,13-16,19H2,2H3,(H,30,32,38)(H,31,33,34). The van der Waals surface area contributed by atoms with Gasteiger partial charge in [0.05, 0.1) is 17.3 Å². The molecule has 1 atom stereocenters. The SMILES string of the molecule is C=CC(=O)Nc1ccnc(-c2cccc3cnc(Nc4ccc(N5CCN(CC(C)O)CC5)cc4)nc23)c1. The first kappa shape index (κ1) is 25.3. The summed E-state index contributed by atoms with van der Waals surface area (Å²) in [4.78, 5) is 30.2. The number of pyridine rings is 1. The zero-order chi connectivity index (χ0) is 26.5. The molecule has 2 aromatic heterocycles. The summed E-state index contributed by atoms with van der Waals surface area (Å²) in [5, 5.41) is 16.6. The number of hydrogen-bond donors (Lipinski definition) is 3. The van der Waals surface area contributed by atoms with Gasteiger partial charge in [0.15, 0.2) is 0 Å². The summed E-state index contributed by atoms with van der Waals surface area (Å²) in [5.41, 5.74) is 4.99. The van der Waals surface area contributed by atoms with Crippen molar-refractivity contribution in [2.75, 3.05) is 48.3 Å². The molecule has 4 aromatic rings. The lowest BCUT2D eigenvalue weighted by molar-refractivity contribution is -0.111. The molecule has 0 bridgehead atoms. The Hall–Kier alpha value is -4.34. The van der Waals surface area contributed by atoms with Crippen molar-refractivity contribution in [1.29, 1.82) is 0 Å². The highest BCUT2D eigenvalue weighted by Crippen LogP contribution is 2.29. The smallest absolute Gasteiger partial charge is 0.247 e. The van der Waals surface area contributed by atoms with E-state index in [4.69, 9.17) is 4.98 Å². The van der Waals surface area contributed by atoms with Crippen LogP contribution in [0.15, 0.2) is 79.6 Å². The van der Waals surface area contributed by atoms with Crippen LogP contribution in [0.2, 0.25) is 0 Å². The summed E-state index contributed by atoms with van der Waals surface area (Å²) in [5.74, 6) is 0.207. The first-order chi connectivity index (χ1) is 18.5. The second-order valence-corrected chi connectivity index (χ2v) is 9.37. The highest BCUT2D eigenvalue weighted by atomic mass is 16.3. The number of anilines is 4. The van der Waals surface area contributed by atoms with Gasteiger partial charge in [-0.1, -0.05) is 24.8 Å². The third-order valence-electron chi connectivity index (χ3n) is 6.48. The first-order valence-corrected chi connectivity index (χ1v) is 12.7. The van der Waals surface area contributed by atoms with Crippen LogP contribution in [-0.2, 0) is 4.79 Å². The summed E-state index contributed by atoms with van der Waals surface area (Å²) in [6, 6.07) is 17.7. The molecular weight excluding hydrogens is 478 g/mol. The third kappa shape index (κ3) is 5.96. The third-order valence-corrected chi connectivity index (χ3v) is 6.48. The molecule has 0 saturated carbocycles. The van der Waals surface area contributed by atoms with Gasteiger partial charge in [0, 0.05) is 73.1 Å². The van der Waals surface area contributed by atoms with Crippen molar-refractivity contribution in [2.24, 2.45) is 0 Å². The highest BCUT2D eigenvalue weighted by Gasteiger charge is 2.18. The molecule has 0 spiro atoms. The number of aromatic nitrogens is 3. The molecule has 194 valence electrons. The lowest BCUT2D eigenvalue weighted by Gasteiger charge is -2.36. The predicted octanol–water partition coefficient (Wildman–Crippen LogP) is 4.06. The van der Waals surface area contributed by atoms with E-state index in [0.29, 0.717) is 17.3 Å². The van der Waals surface area contributed by atoms with Crippen LogP contribution in [0, 0.1) is 0 Å². The van der Waals surface area contributed by atoms with Crippen molar-refractivity contribution in [1.82, 2.24) is 19.9 Å². The van der Waals surface area contributed by atoms with Crippen molar-refractivity contribution >= 4 is 39.8 Å². The number of para-hydroxylation sites is 1. The minimum atomic E-state index is -0.299. The van der Waals surface area contributed by atoms with Crippen molar-refractivity contribution in [2.45, 2.75) is 13.0 Å². The fraction of sp³-hybridized carbons (Fsp3) is 0.241. The van der Waals surface area contributed by atoms with Gasteiger partial charge in [-0.05, 0) is 49.4 Å². The van der Waals surface area contributed by atoms with Crippen molar-refractivity contribution in [3.8, 4) is 11.3 Å². The van der Waals surface area contributed by atoms with Crippen molar-refractivity contribution in [3.63, 3.8) is 0 Å². The maximum Gasteiger partial charge on any atom is 0.247 e. The summed E-state index contributed by atoms with van der Waals surface area (Å²) in [7, 11) is 0. The molecule has 1 unspecified atom stereocenters. The van der Waals surface area contributed by atoms with Crippen LogP contribution in [0.1, 0.15) is 6.92 Å². The van der Waals surface area contributed by atoms with E-state index in [2.05, 4.69) is 49.1 Å². The number of aliphatic hydroxyl groups is 1. The molecule has 2 aromatic carbocycles. The number of β-amino-alcohol motifs (C(OH)–C–C–N with tert-alkyl or cyclic N) is 1. The highest BCUT2D eigenvalue weighted by molar-refractivity contribution is 5.99. The summed E-state index contributed by atoms with van der Waals surface area (Å²) >= 11 is 0. The Morgan fingerprint density at radius 2 is 1.87 bits per heavy atom. The Bertz CT molecular complexity index is 1430. The van der Waals surface area contributed by atoms with Gasteiger partial charge in [-0.3, -0.25) is 14.7 Å². The zero-order valence-corrected chi connectivity index (χ0v) is 21.3. The molecule has 9 nitrogen and oxygen atoms in total. The number of nitrogens with zero attached hydrogens (tertiary/aromatic N) is 5. The minimum Gasteiger partial charge on any atom is -0.392 e. The van der Waals surface area contributed by atoms with Crippen LogP contribution in [0.4, 0.5) is 23.0 Å². The van der Waals surface area contributed by atoms with E-state index in [9.17, 15) is 9.90 Å². The van der Waals surface area contributed by atoms with E-state index in [-0.39, 0.29) is 12.0 Å². The van der Waals surface area contributed by atoms with Gasteiger partial charge in [-0.15, -0.1) is 0 Å². The number of aliphatic hydroxyl groups excluding tert-OH is 1. The number of amides is 1. The molecule has 38 heavy (non-hydrogen) atoms. The molecule has 1 aliphatic heterocycles. The molecule has 3 N–H and O–H groups in total. The maximum atomic E-state index is 11.7. The molecule has 9 heteroatoms. The molecule has 0 aliphatic carbocycles. The van der Waals surface area contributed by atoms with Crippen LogP contribution in [0.3, 0.4) is 0 Å².